The molecule has 13 heavy (non-hydrogen) atoms. The molecular formula is C8H8N4O. The number of benzene rings is 1. The van der Waals surface area contributed by atoms with E-state index in [1.807, 2.05) is 6.07 Å². The fourth-order valence-electron chi connectivity index (χ4n) is 1.15. The summed E-state index contributed by atoms with van der Waals surface area (Å²) in [5.41, 5.74) is 2.72. The van der Waals surface area contributed by atoms with Crippen LogP contribution in [0.1, 0.15) is 0 Å². The highest BCUT2D eigenvalue weighted by Gasteiger charge is 2.00. The van der Waals surface area contributed by atoms with Crippen molar-refractivity contribution in [3.05, 3.63) is 34.6 Å². The van der Waals surface area contributed by atoms with E-state index in [1.54, 1.807) is 18.2 Å². The summed E-state index contributed by atoms with van der Waals surface area (Å²) in [6.45, 7) is 0. The zero-order valence-electron chi connectivity index (χ0n) is 6.74. The number of H-pyrrole nitrogens is 1. The summed E-state index contributed by atoms with van der Waals surface area (Å²) in [7, 11) is 0. The number of nitrogens with zero attached hydrogens (tertiary/aromatic N) is 1. The highest BCUT2D eigenvalue weighted by Crippen LogP contribution is 2.06. The van der Waals surface area contributed by atoms with Crippen LogP contribution in [0.4, 0.5) is 5.95 Å². The summed E-state index contributed by atoms with van der Waals surface area (Å²) in [6.07, 6.45) is 0. The molecule has 0 bridgehead atoms. The molecule has 2 rings (SSSR count). The normalized spacial score (nSPS) is 10.2. The van der Waals surface area contributed by atoms with E-state index in [9.17, 15) is 4.79 Å². The molecule has 1 aromatic heterocycles. The molecule has 66 valence electrons. The zero-order valence-corrected chi connectivity index (χ0v) is 6.74. The first-order chi connectivity index (χ1) is 6.31. The third kappa shape index (κ3) is 1.25. The number of para-hydroxylation sites is 1. The Morgan fingerprint density at radius 3 is 2.92 bits per heavy atom. The van der Waals surface area contributed by atoms with Crippen molar-refractivity contribution >= 4 is 16.9 Å². The van der Waals surface area contributed by atoms with Gasteiger partial charge in [-0.05, 0) is 12.1 Å². The van der Waals surface area contributed by atoms with Crippen LogP contribution in [0, 0.1) is 0 Å². The highest BCUT2D eigenvalue weighted by molar-refractivity contribution is 5.78. The largest absolute Gasteiger partial charge is 0.294 e. The molecule has 0 amide bonds. The number of nitrogen functional groups attached to an aromatic ring is 1. The summed E-state index contributed by atoms with van der Waals surface area (Å²) in [4.78, 5) is 17.9. The topological polar surface area (TPSA) is 83.8 Å². The van der Waals surface area contributed by atoms with Crippen molar-refractivity contribution < 1.29 is 0 Å². The molecule has 0 saturated carbocycles. The molecule has 0 aliphatic carbocycles. The second-order valence-electron chi connectivity index (χ2n) is 2.58. The Bertz CT molecular complexity index is 491. The monoisotopic (exact) mass is 176 g/mol. The van der Waals surface area contributed by atoms with E-state index in [2.05, 4.69) is 15.4 Å². The number of aromatic nitrogens is 2. The van der Waals surface area contributed by atoms with Gasteiger partial charge in [-0.25, -0.2) is 10.8 Å². The Balaban J connectivity index is 2.85. The predicted molar refractivity (Wildman–Crippen MR) is 50.2 cm³/mol. The molecule has 0 fully saturated rings. The first kappa shape index (κ1) is 7.75. The zero-order chi connectivity index (χ0) is 9.26. The van der Waals surface area contributed by atoms with Crippen LogP contribution in [-0.2, 0) is 0 Å². The predicted octanol–water partition coefficient (Wildman–Crippen LogP) is 0.209. The molecule has 2 aromatic rings. The van der Waals surface area contributed by atoms with Gasteiger partial charge in [-0.3, -0.25) is 15.2 Å². The first-order valence-electron chi connectivity index (χ1n) is 3.77. The van der Waals surface area contributed by atoms with Crippen LogP contribution >= 0.6 is 0 Å². The molecule has 0 radical (unpaired) electrons. The summed E-state index contributed by atoms with van der Waals surface area (Å²) < 4.78 is 0. The highest BCUT2D eigenvalue weighted by atomic mass is 16.1. The Morgan fingerprint density at radius 2 is 2.15 bits per heavy atom. The number of hydrogen-bond acceptors (Lipinski definition) is 4. The van der Waals surface area contributed by atoms with Gasteiger partial charge in [0.15, 0.2) is 0 Å². The van der Waals surface area contributed by atoms with Crippen LogP contribution in [0.15, 0.2) is 29.1 Å². The lowest BCUT2D eigenvalue weighted by Crippen LogP contribution is -2.16. The van der Waals surface area contributed by atoms with E-state index in [0.717, 1.165) is 0 Å². The number of nitrogens with two attached hydrogens (primary N) is 1. The summed E-state index contributed by atoms with van der Waals surface area (Å²) in [5, 5.41) is 0.557. The Morgan fingerprint density at radius 1 is 1.38 bits per heavy atom. The van der Waals surface area contributed by atoms with Crippen LogP contribution in [0.5, 0.6) is 0 Å². The van der Waals surface area contributed by atoms with Gasteiger partial charge in [0.2, 0.25) is 5.95 Å². The smallest absolute Gasteiger partial charge is 0.260 e. The van der Waals surface area contributed by atoms with Crippen molar-refractivity contribution in [1.82, 2.24) is 9.97 Å². The Kier molecular flexibility index (Phi) is 1.71. The van der Waals surface area contributed by atoms with E-state index < -0.39 is 0 Å². The van der Waals surface area contributed by atoms with E-state index in [4.69, 9.17) is 5.84 Å². The van der Waals surface area contributed by atoms with Crippen molar-refractivity contribution in [2.75, 3.05) is 5.43 Å². The van der Waals surface area contributed by atoms with Gasteiger partial charge in [0.25, 0.3) is 5.56 Å². The van der Waals surface area contributed by atoms with Gasteiger partial charge in [0, 0.05) is 0 Å². The minimum Gasteiger partial charge on any atom is -0.294 e. The van der Waals surface area contributed by atoms with E-state index in [-0.39, 0.29) is 11.5 Å². The van der Waals surface area contributed by atoms with Gasteiger partial charge in [-0.15, -0.1) is 0 Å². The third-order valence-electron chi connectivity index (χ3n) is 1.75. The minimum atomic E-state index is -0.196. The lowest BCUT2D eigenvalue weighted by molar-refractivity contribution is 1.12. The van der Waals surface area contributed by atoms with E-state index in [0.29, 0.717) is 10.9 Å². The first-order valence-corrected chi connectivity index (χ1v) is 3.77. The fraction of sp³-hybridized carbons (Fsp3) is 0. The molecule has 0 saturated heterocycles. The van der Waals surface area contributed by atoms with Gasteiger partial charge in [0.05, 0.1) is 10.9 Å². The molecule has 0 aliphatic rings. The number of hydrogen-bond donors (Lipinski definition) is 3. The molecule has 0 unspecified atom stereocenters. The average Bonchev–Trinajstić information content (AvgIpc) is 2.18. The van der Waals surface area contributed by atoms with Crippen LogP contribution in [0.25, 0.3) is 10.9 Å². The molecule has 1 heterocycles. The molecule has 1 aromatic carbocycles. The number of fused-ring (bicyclic) bond motifs is 1. The third-order valence-corrected chi connectivity index (χ3v) is 1.75. The van der Waals surface area contributed by atoms with Crippen molar-refractivity contribution in [1.29, 1.82) is 0 Å². The summed E-state index contributed by atoms with van der Waals surface area (Å²) >= 11 is 0. The van der Waals surface area contributed by atoms with Gasteiger partial charge in [0.1, 0.15) is 0 Å². The second kappa shape index (κ2) is 2.87. The number of aromatic amines is 1. The molecule has 0 atom stereocenters. The number of nitrogens with one attached hydrogen (secondary N) is 2. The van der Waals surface area contributed by atoms with Crippen LogP contribution in [-0.4, -0.2) is 9.97 Å². The Labute approximate surface area is 73.6 Å². The maximum absolute atomic E-state index is 11.4. The lowest BCUT2D eigenvalue weighted by Gasteiger charge is -1.99. The van der Waals surface area contributed by atoms with Crippen molar-refractivity contribution in [2.24, 2.45) is 5.84 Å². The van der Waals surface area contributed by atoms with Crippen LogP contribution in [0.3, 0.4) is 0 Å². The maximum atomic E-state index is 11.4. The molecule has 0 aliphatic heterocycles. The van der Waals surface area contributed by atoms with Gasteiger partial charge >= 0.3 is 0 Å². The number of anilines is 1. The number of hydrazine groups is 1. The SMILES string of the molecule is NNc1nc2ccccc2c(=O)[nH]1. The van der Waals surface area contributed by atoms with Gasteiger partial charge in [-0.2, -0.15) is 0 Å². The fourth-order valence-corrected chi connectivity index (χ4v) is 1.15. The van der Waals surface area contributed by atoms with Crippen molar-refractivity contribution in [2.45, 2.75) is 0 Å². The number of rotatable bonds is 1. The standard InChI is InChI=1S/C8H8N4O/c9-12-8-10-6-4-2-1-3-5(6)7(13)11-8/h1-4H,9H2,(H2,10,11,12,13). The minimum absolute atomic E-state index is 0.196. The Hall–Kier alpha value is -1.88. The molecule has 4 N–H and O–H groups in total. The molecule has 5 heteroatoms. The second-order valence-corrected chi connectivity index (χ2v) is 2.58. The molecule has 5 nitrogen and oxygen atoms in total. The summed E-state index contributed by atoms with van der Waals surface area (Å²) in [5.74, 6) is 5.39. The lowest BCUT2D eigenvalue weighted by atomic mass is 10.2. The van der Waals surface area contributed by atoms with Gasteiger partial charge < -0.3 is 0 Å². The molecule has 0 spiro atoms. The van der Waals surface area contributed by atoms with E-state index in [1.165, 1.54) is 0 Å². The van der Waals surface area contributed by atoms with Crippen molar-refractivity contribution in [3.63, 3.8) is 0 Å². The van der Waals surface area contributed by atoms with E-state index >= 15 is 0 Å². The quantitative estimate of drug-likeness (QED) is 0.428. The van der Waals surface area contributed by atoms with Crippen LogP contribution in [0.2, 0.25) is 0 Å². The maximum Gasteiger partial charge on any atom is 0.260 e. The van der Waals surface area contributed by atoms with Gasteiger partial charge in [-0.1, -0.05) is 12.1 Å². The summed E-state index contributed by atoms with van der Waals surface area (Å²) in [6, 6.07) is 7.07. The van der Waals surface area contributed by atoms with Crippen LogP contribution < -0.4 is 16.8 Å². The molecular weight excluding hydrogens is 168 g/mol. The van der Waals surface area contributed by atoms with Crippen molar-refractivity contribution in [3.8, 4) is 0 Å². The average molecular weight is 176 g/mol.